The Labute approximate surface area is 102 Å². The molecular formula is C11H22N2O2S. The molecule has 1 rings (SSSR count). The fourth-order valence-corrected chi connectivity index (χ4v) is 2.85. The summed E-state index contributed by atoms with van der Waals surface area (Å²) in [6.07, 6.45) is 3.87. The van der Waals surface area contributed by atoms with E-state index >= 15 is 0 Å². The number of amides is 1. The lowest BCUT2D eigenvalue weighted by molar-refractivity contribution is -0.138. The molecule has 1 aliphatic heterocycles. The van der Waals surface area contributed by atoms with Crippen LogP contribution in [-0.2, 0) is 4.79 Å². The van der Waals surface area contributed by atoms with Crippen molar-refractivity contribution >= 4 is 17.7 Å². The number of rotatable bonds is 5. The predicted octanol–water partition coefficient (Wildman–Crippen LogP) is 0.311. The first-order valence-electron chi connectivity index (χ1n) is 5.67. The van der Waals surface area contributed by atoms with Gasteiger partial charge >= 0.3 is 0 Å². The molecule has 16 heavy (non-hydrogen) atoms. The zero-order valence-electron chi connectivity index (χ0n) is 10.3. The molecule has 1 amide bonds. The van der Waals surface area contributed by atoms with Crippen molar-refractivity contribution in [1.82, 2.24) is 10.2 Å². The van der Waals surface area contributed by atoms with E-state index in [0.29, 0.717) is 12.3 Å². The van der Waals surface area contributed by atoms with Crippen molar-refractivity contribution < 1.29 is 9.90 Å². The second-order valence-corrected chi connectivity index (χ2v) is 5.54. The van der Waals surface area contributed by atoms with Crippen molar-refractivity contribution in [2.24, 2.45) is 0 Å². The normalized spacial score (nSPS) is 25.6. The molecule has 0 aromatic rings. The second kappa shape index (κ2) is 5.89. The first-order chi connectivity index (χ1) is 7.50. The Kier molecular flexibility index (Phi) is 5.08. The van der Waals surface area contributed by atoms with Crippen LogP contribution in [0.2, 0.25) is 0 Å². The number of nitrogens with zero attached hydrogens (tertiary/aromatic N) is 1. The molecule has 1 saturated heterocycles. The zero-order valence-corrected chi connectivity index (χ0v) is 11.1. The number of likely N-dealkylation sites (N-methyl/N-ethyl adjacent to an activating group) is 1. The highest BCUT2D eigenvalue weighted by Gasteiger charge is 2.32. The Bertz CT molecular complexity index is 246. The van der Waals surface area contributed by atoms with Crippen molar-refractivity contribution in [2.75, 3.05) is 32.1 Å². The third-order valence-corrected chi connectivity index (χ3v) is 3.78. The third-order valence-electron chi connectivity index (χ3n) is 2.87. The fraction of sp³-hybridized carbons (Fsp3) is 0.909. The quantitative estimate of drug-likeness (QED) is 0.733. The molecule has 0 radical (unpaired) electrons. The molecule has 2 atom stereocenters. The van der Waals surface area contributed by atoms with Gasteiger partial charge in [0.15, 0.2) is 0 Å². The Morgan fingerprint density at radius 1 is 1.69 bits per heavy atom. The van der Waals surface area contributed by atoms with E-state index in [4.69, 9.17) is 0 Å². The summed E-state index contributed by atoms with van der Waals surface area (Å²) in [7, 11) is 1.81. The molecule has 2 unspecified atom stereocenters. The first kappa shape index (κ1) is 13.8. The zero-order chi connectivity index (χ0) is 12.2. The average Bonchev–Trinajstić information content (AvgIpc) is 2.21. The summed E-state index contributed by atoms with van der Waals surface area (Å²) in [6, 6.07) is -0.0705. The maximum Gasteiger partial charge on any atom is 0.239 e. The molecule has 5 heteroatoms. The van der Waals surface area contributed by atoms with E-state index in [1.807, 2.05) is 13.3 Å². The average molecular weight is 246 g/mol. The molecule has 1 aliphatic rings. The minimum Gasteiger partial charge on any atom is -0.387 e. The van der Waals surface area contributed by atoms with Gasteiger partial charge in [0.1, 0.15) is 0 Å². The second-order valence-electron chi connectivity index (χ2n) is 4.67. The molecule has 0 saturated carbocycles. The van der Waals surface area contributed by atoms with Crippen LogP contribution < -0.4 is 5.32 Å². The van der Waals surface area contributed by atoms with E-state index in [0.717, 1.165) is 19.4 Å². The molecule has 0 aliphatic carbocycles. The molecule has 0 aromatic carbocycles. The van der Waals surface area contributed by atoms with Crippen LogP contribution >= 0.6 is 11.8 Å². The van der Waals surface area contributed by atoms with E-state index in [1.165, 1.54) is 0 Å². The highest BCUT2D eigenvalue weighted by atomic mass is 32.2. The number of thioether (sulfide) groups is 1. The Balaban J connectivity index is 2.56. The highest BCUT2D eigenvalue weighted by Crippen LogP contribution is 2.17. The summed E-state index contributed by atoms with van der Waals surface area (Å²) in [6.45, 7) is 2.99. The monoisotopic (exact) mass is 246 g/mol. The minimum atomic E-state index is -0.787. The number of carbonyl (C=O) groups is 1. The Hall–Kier alpha value is -0.260. The Morgan fingerprint density at radius 2 is 2.38 bits per heavy atom. The number of aliphatic hydroxyl groups is 1. The third kappa shape index (κ3) is 3.64. The van der Waals surface area contributed by atoms with Gasteiger partial charge in [-0.05, 0) is 33.1 Å². The van der Waals surface area contributed by atoms with E-state index in [2.05, 4.69) is 5.32 Å². The van der Waals surface area contributed by atoms with Crippen LogP contribution in [0, 0.1) is 0 Å². The first-order valence-corrected chi connectivity index (χ1v) is 7.07. The van der Waals surface area contributed by atoms with Gasteiger partial charge in [-0.15, -0.1) is 0 Å². The van der Waals surface area contributed by atoms with Crippen LogP contribution in [0.1, 0.15) is 19.8 Å². The van der Waals surface area contributed by atoms with E-state index in [1.54, 1.807) is 23.6 Å². The molecule has 1 heterocycles. The van der Waals surface area contributed by atoms with Gasteiger partial charge in [0.2, 0.25) is 5.91 Å². The van der Waals surface area contributed by atoms with Gasteiger partial charge in [-0.25, -0.2) is 0 Å². The van der Waals surface area contributed by atoms with Crippen LogP contribution in [0.5, 0.6) is 0 Å². The molecule has 1 fully saturated rings. The van der Waals surface area contributed by atoms with E-state index < -0.39 is 5.60 Å². The van der Waals surface area contributed by atoms with Crippen LogP contribution in [-0.4, -0.2) is 59.7 Å². The number of hydrogen-bond donors (Lipinski definition) is 2. The van der Waals surface area contributed by atoms with Crippen molar-refractivity contribution in [1.29, 1.82) is 0 Å². The maximum absolute atomic E-state index is 12.0. The summed E-state index contributed by atoms with van der Waals surface area (Å²) < 4.78 is 0. The standard InChI is InChI=1S/C11H22N2O2S/c1-11(15,8-16-3)7-13-6-4-5-9(12-2)10(13)14/h9,12,15H,4-8H2,1-3H3. The number of piperidine rings is 1. The number of β-amino-alcohol motifs (C(OH)–C–C–N with tert-alkyl or cyclic N) is 1. The lowest BCUT2D eigenvalue weighted by Crippen LogP contribution is -2.54. The number of hydrogen-bond acceptors (Lipinski definition) is 4. The smallest absolute Gasteiger partial charge is 0.239 e. The van der Waals surface area contributed by atoms with Crippen molar-refractivity contribution in [2.45, 2.75) is 31.4 Å². The molecule has 0 spiro atoms. The van der Waals surface area contributed by atoms with Crippen LogP contribution in [0.3, 0.4) is 0 Å². The summed E-state index contributed by atoms with van der Waals surface area (Å²) in [4.78, 5) is 13.8. The van der Waals surface area contributed by atoms with Gasteiger partial charge in [-0.1, -0.05) is 0 Å². The SMILES string of the molecule is CNC1CCCN(CC(C)(O)CSC)C1=O. The number of nitrogens with one attached hydrogen (secondary N) is 1. The summed E-state index contributed by atoms with van der Waals surface area (Å²) in [5.41, 5.74) is -0.787. The van der Waals surface area contributed by atoms with Crippen LogP contribution in [0.15, 0.2) is 0 Å². The molecule has 2 N–H and O–H groups in total. The van der Waals surface area contributed by atoms with Crippen LogP contribution in [0.4, 0.5) is 0 Å². The predicted molar refractivity (Wildman–Crippen MR) is 67.7 cm³/mol. The lowest BCUT2D eigenvalue weighted by atomic mass is 10.0. The molecule has 0 bridgehead atoms. The van der Waals surface area contributed by atoms with E-state index in [9.17, 15) is 9.90 Å². The number of carbonyl (C=O) groups excluding carboxylic acids is 1. The Morgan fingerprint density at radius 3 is 2.94 bits per heavy atom. The summed E-state index contributed by atoms with van der Waals surface area (Å²) >= 11 is 1.60. The van der Waals surface area contributed by atoms with Gasteiger partial charge in [-0.2, -0.15) is 11.8 Å². The van der Waals surface area contributed by atoms with Gasteiger partial charge in [-0.3, -0.25) is 4.79 Å². The van der Waals surface area contributed by atoms with Gasteiger partial charge in [0.05, 0.1) is 11.6 Å². The van der Waals surface area contributed by atoms with Gasteiger partial charge in [0.25, 0.3) is 0 Å². The van der Waals surface area contributed by atoms with Gasteiger partial charge < -0.3 is 15.3 Å². The lowest BCUT2D eigenvalue weighted by Gasteiger charge is -2.36. The van der Waals surface area contributed by atoms with E-state index in [-0.39, 0.29) is 11.9 Å². The van der Waals surface area contributed by atoms with Gasteiger partial charge in [0, 0.05) is 18.8 Å². The molecule has 4 nitrogen and oxygen atoms in total. The topological polar surface area (TPSA) is 52.6 Å². The molecule has 0 aromatic heterocycles. The highest BCUT2D eigenvalue weighted by molar-refractivity contribution is 7.98. The molecule has 94 valence electrons. The molecular weight excluding hydrogens is 224 g/mol. The van der Waals surface area contributed by atoms with Crippen molar-refractivity contribution in [3.63, 3.8) is 0 Å². The fourth-order valence-electron chi connectivity index (χ4n) is 2.13. The van der Waals surface area contributed by atoms with Crippen molar-refractivity contribution in [3.05, 3.63) is 0 Å². The van der Waals surface area contributed by atoms with Crippen molar-refractivity contribution in [3.8, 4) is 0 Å². The maximum atomic E-state index is 12.0. The summed E-state index contributed by atoms with van der Waals surface area (Å²) in [5, 5.41) is 13.1. The largest absolute Gasteiger partial charge is 0.387 e. The summed E-state index contributed by atoms with van der Waals surface area (Å²) in [5.74, 6) is 0.774. The van der Waals surface area contributed by atoms with Crippen LogP contribution in [0.25, 0.3) is 0 Å². The minimum absolute atomic E-state index is 0.0705. The number of likely N-dealkylation sites (tertiary alicyclic amines) is 1.